The molecule has 0 bridgehead atoms. The van der Waals surface area contributed by atoms with Gasteiger partial charge in [0.15, 0.2) is 5.58 Å². The highest BCUT2D eigenvalue weighted by atomic mass is 16.5. The molecule has 0 aliphatic heterocycles. The summed E-state index contributed by atoms with van der Waals surface area (Å²) in [4.78, 5) is 11.4. The molecule has 0 unspecified atom stereocenters. The largest absolute Gasteiger partial charge is 0.494 e. The third-order valence-corrected chi connectivity index (χ3v) is 7.60. The van der Waals surface area contributed by atoms with E-state index in [0.29, 0.717) is 24.7 Å². The highest BCUT2D eigenvalue weighted by molar-refractivity contribution is 5.77. The normalized spacial score (nSPS) is 12.2. The van der Waals surface area contributed by atoms with Crippen LogP contribution in [0, 0.1) is 0 Å². The predicted molar refractivity (Wildman–Crippen MR) is 184 cm³/mol. The van der Waals surface area contributed by atoms with Gasteiger partial charge >= 0.3 is 0 Å². The van der Waals surface area contributed by atoms with Crippen LogP contribution in [0.4, 0.5) is 0 Å². The maximum atomic E-state index is 6.08. The van der Waals surface area contributed by atoms with Crippen LogP contribution in [0.15, 0.2) is 58.5 Å². The Morgan fingerprint density at radius 1 is 0.733 bits per heavy atom. The van der Waals surface area contributed by atoms with Gasteiger partial charge in [-0.2, -0.15) is 0 Å². The quantitative estimate of drug-likeness (QED) is 0.0851. The van der Waals surface area contributed by atoms with Crippen molar-refractivity contribution >= 4 is 11.1 Å². The van der Waals surface area contributed by atoms with Crippen molar-refractivity contribution < 1.29 is 23.4 Å². The Labute approximate surface area is 271 Å². The molecule has 0 aliphatic rings. The molecule has 0 amide bonds. The van der Waals surface area contributed by atoms with Crippen LogP contribution >= 0.6 is 0 Å². The number of aromatic nitrogens is 1. The van der Waals surface area contributed by atoms with E-state index in [9.17, 15) is 0 Å². The van der Waals surface area contributed by atoms with Gasteiger partial charge in [0.25, 0.3) is 0 Å². The van der Waals surface area contributed by atoms with Crippen molar-refractivity contribution in [1.82, 2.24) is 19.7 Å². The summed E-state index contributed by atoms with van der Waals surface area (Å²) in [7, 11) is 8.35. The van der Waals surface area contributed by atoms with Gasteiger partial charge in [-0.05, 0) is 97.2 Å². The minimum absolute atomic E-state index is 0.587. The molecule has 0 N–H and O–H groups in total. The Morgan fingerprint density at radius 3 is 1.98 bits per heavy atom. The van der Waals surface area contributed by atoms with E-state index < -0.39 is 0 Å². The maximum Gasteiger partial charge on any atom is 0.227 e. The summed E-state index contributed by atoms with van der Waals surface area (Å²) in [5.41, 5.74) is 3.86. The molecule has 250 valence electrons. The number of hydrogen-bond donors (Lipinski definition) is 0. The molecule has 0 aliphatic carbocycles. The molecule has 9 heteroatoms. The average molecular weight is 625 g/mol. The number of oxazole rings is 1. The lowest BCUT2D eigenvalue weighted by Gasteiger charge is -2.17. The standard InChI is InChI=1S/C36H56N4O5/c1-7-30(2)11-8-23-41-27-21-39(5)18-9-24-43-32-14-12-31(13-15-32)36-37-34-17-16-33(29-35(34)45-36)44-25-10-19-40(6)22-28-42-26-20-38(3)4/h11-17,29H,7-10,18-28H2,1-6H3/b30-11+. The highest BCUT2D eigenvalue weighted by Crippen LogP contribution is 2.28. The van der Waals surface area contributed by atoms with Gasteiger partial charge in [0.1, 0.15) is 17.0 Å². The van der Waals surface area contributed by atoms with Gasteiger partial charge in [0.2, 0.25) is 5.89 Å². The number of rotatable bonds is 24. The van der Waals surface area contributed by atoms with E-state index in [-0.39, 0.29) is 0 Å². The third-order valence-electron chi connectivity index (χ3n) is 7.60. The first-order valence-corrected chi connectivity index (χ1v) is 16.4. The number of ether oxygens (including phenoxy) is 4. The number of fused-ring (bicyclic) bond motifs is 1. The number of nitrogens with zero attached hydrogens (tertiary/aromatic N) is 4. The van der Waals surface area contributed by atoms with Gasteiger partial charge in [-0.15, -0.1) is 0 Å². The zero-order valence-electron chi connectivity index (χ0n) is 28.6. The van der Waals surface area contributed by atoms with Crippen molar-refractivity contribution in [1.29, 1.82) is 0 Å². The van der Waals surface area contributed by atoms with Crippen LogP contribution in [-0.4, -0.2) is 120 Å². The lowest BCUT2D eigenvalue weighted by atomic mass is 10.2. The summed E-state index contributed by atoms with van der Waals surface area (Å²) in [6.07, 6.45) is 6.26. The molecule has 3 rings (SSSR count). The minimum atomic E-state index is 0.587. The van der Waals surface area contributed by atoms with E-state index in [4.69, 9.17) is 23.4 Å². The maximum absolute atomic E-state index is 6.08. The highest BCUT2D eigenvalue weighted by Gasteiger charge is 2.10. The Morgan fingerprint density at radius 2 is 1.33 bits per heavy atom. The molecule has 1 heterocycles. The summed E-state index contributed by atoms with van der Waals surface area (Å²) in [6.45, 7) is 13.4. The van der Waals surface area contributed by atoms with E-state index in [1.807, 2.05) is 42.5 Å². The fourth-order valence-corrected chi connectivity index (χ4v) is 4.51. The Bertz CT molecular complexity index is 1240. The summed E-state index contributed by atoms with van der Waals surface area (Å²) in [5, 5.41) is 0. The first-order valence-electron chi connectivity index (χ1n) is 16.4. The van der Waals surface area contributed by atoms with Crippen molar-refractivity contribution in [2.75, 3.05) is 101 Å². The smallest absolute Gasteiger partial charge is 0.227 e. The number of allylic oxidation sites excluding steroid dienone is 1. The Balaban J connectivity index is 1.32. The second-order valence-electron chi connectivity index (χ2n) is 11.9. The molecule has 3 aromatic rings. The van der Waals surface area contributed by atoms with Crippen molar-refractivity contribution in [2.24, 2.45) is 0 Å². The van der Waals surface area contributed by atoms with E-state index in [1.165, 1.54) is 5.57 Å². The molecule has 0 saturated carbocycles. The monoisotopic (exact) mass is 624 g/mol. The molecule has 0 atom stereocenters. The molecule has 9 nitrogen and oxygen atoms in total. The average Bonchev–Trinajstić information content (AvgIpc) is 3.46. The molecule has 0 radical (unpaired) electrons. The van der Waals surface area contributed by atoms with Crippen LogP contribution in [-0.2, 0) is 9.47 Å². The zero-order chi connectivity index (χ0) is 32.3. The van der Waals surface area contributed by atoms with E-state index in [0.717, 1.165) is 107 Å². The first-order chi connectivity index (χ1) is 21.8. The van der Waals surface area contributed by atoms with Gasteiger partial charge in [-0.25, -0.2) is 4.98 Å². The van der Waals surface area contributed by atoms with Crippen LogP contribution in [0.1, 0.15) is 39.5 Å². The molecular formula is C36H56N4O5. The third kappa shape index (κ3) is 14.8. The molecule has 0 saturated heterocycles. The molecule has 2 aromatic carbocycles. The van der Waals surface area contributed by atoms with E-state index >= 15 is 0 Å². The van der Waals surface area contributed by atoms with E-state index in [1.54, 1.807) is 0 Å². The summed E-state index contributed by atoms with van der Waals surface area (Å²) >= 11 is 0. The van der Waals surface area contributed by atoms with Crippen LogP contribution in [0.2, 0.25) is 0 Å². The molecular weight excluding hydrogens is 568 g/mol. The van der Waals surface area contributed by atoms with Gasteiger partial charge in [0, 0.05) is 44.4 Å². The predicted octanol–water partition coefficient (Wildman–Crippen LogP) is 6.24. The molecule has 0 spiro atoms. The van der Waals surface area contributed by atoms with Crippen LogP contribution in [0.25, 0.3) is 22.6 Å². The second kappa shape index (κ2) is 21.0. The Kier molecular flexibility index (Phi) is 17.0. The van der Waals surface area contributed by atoms with Crippen molar-refractivity contribution in [3.63, 3.8) is 0 Å². The number of hydrogen-bond acceptors (Lipinski definition) is 9. The summed E-state index contributed by atoms with van der Waals surface area (Å²) < 4.78 is 29.5. The lowest BCUT2D eigenvalue weighted by molar-refractivity contribution is 0.0974. The first kappa shape index (κ1) is 36.5. The van der Waals surface area contributed by atoms with Crippen LogP contribution in [0.5, 0.6) is 11.5 Å². The van der Waals surface area contributed by atoms with Crippen molar-refractivity contribution in [2.45, 2.75) is 39.5 Å². The van der Waals surface area contributed by atoms with Crippen LogP contribution < -0.4 is 9.47 Å². The fourth-order valence-electron chi connectivity index (χ4n) is 4.51. The number of likely N-dealkylation sites (N-methyl/N-ethyl adjacent to an activating group) is 3. The molecule has 45 heavy (non-hydrogen) atoms. The second-order valence-corrected chi connectivity index (χ2v) is 11.9. The fraction of sp³-hybridized carbons (Fsp3) is 0.583. The lowest BCUT2D eigenvalue weighted by Crippen LogP contribution is -2.26. The number of benzene rings is 2. The zero-order valence-corrected chi connectivity index (χ0v) is 28.6. The molecule has 0 fully saturated rings. The van der Waals surface area contributed by atoms with Gasteiger partial charge in [0.05, 0.1) is 39.6 Å². The summed E-state index contributed by atoms with van der Waals surface area (Å²) in [6, 6.07) is 13.7. The minimum Gasteiger partial charge on any atom is -0.494 e. The van der Waals surface area contributed by atoms with Gasteiger partial charge in [-0.3, -0.25) is 0 Å². The topological polar surface area (TPSA) is 72.7 Å². The van der Waals surface area contributed by atoms with Crippen molar-refractivity contribution in [3.05, 3.63) is 54.1 Å². The SMILES string of the molecule is CC/C(C)=C/CCOCCN(C)CCCOc1ccc(-c2nc3ccc(OCCCN(C)CCOCCN(C)C)cc3o2)cc1. The van der Waals surface area contributed by atoms with Gasteiger partial charge in [-0.1, -0.05) is 18.6 Å². The van der Waals surface area contributed by atoms with Gasteiger partial charge < -0.3 is 38.1 Å². The summed E-state index contributed by atoms with van der Waals surface area (Å²) in [5.74, 6) is 2.22. The van der Waals surface area contributed by atoms with E-state index in [2.05, 4.69) is 67.8 Å². The molecule has 1 aromatic heterocycles. The Hall–Kier alpha value is -2.95. The van der Waals surface area contributed by atoms with Crippen LogP contribution in [0.3, 0.4) is 0 Å². The van der Waals surface area contributed by atoms with Crippen molar-refractivity contribution in [3.8, 4) is 23.0 Å².